The van der Waals surface area contributed by atoms with Crippen LogP contribution in [0.25, 0.3) is 10.9 Å². The van der Waals surface area contributed by atoms with E-state index in [1.165, 1.54) is 50.6 Å². The van der Waals surface area contributed by atoms with Gasteiger partial charge in [0.25, 0.3) is 0 Å². The number of H-pyrrole nitrogens is 1. The average molecular weight is 593 g/mol. The molecule has 2 aromatic carbocycles. The molecule has 3 aromatic rings. The predicted molar refractivity (Wildman–Crippen MR) is 159 cm³/mol. The predicted octanol–water partition coefficient (Wildman–Crippen LogP) is 4.47. The third kappa shape index (κ3) is 5.00. The molecule has 10 nitrogen and oxygen atoms in total. The quantitative estimate of drug-likeness (QED) is 0.398. The molecule has 1 saturated carbocycles. The Morgan fingerprint density at radius 2 is 1.70 bits per heavy atom. The van der Waals surface area contributed by atoms with Crippen LogP contribution >= 0.6 is 0 Å². The maximum absolute atomic E-state index is 13.5. The summed E-state index contributed by atoms with van der Waals surface area (Å²) in [6.07, 6.45) is 1.04. The number of hydrogen-bond donors (Lipinski definition) is 1. The van der Waals surface area contributed by atoms with Crippen LogP contribution in [-0.4, -0.2) is 82.7 Å². The van der Waals surface area contributed by atoms with Gasteiger partial charge >= 0.3 is 11.9 Å². The minimum Gasteiger partial charge on any atom is -0.493 e. The zero-order chi connectivity index (χ0) is 30.4. The number of nitrogens with zero attached hydrogens (tertiary/aromatic N) is 1. The number of carbonyl (C=O) groups is 2. The molecule has 1 N–H and O–H groups in total. The standard InChI is InChI=1S/C33H40N2O8/c1-17-7-8-20-21-9-10-35-16-19-14-27(43-32(36)18-12-25(38-2)30(40-4)26(13-18)39-3)31(41-5)28(33(37)42-6)22(19)15-24(35)29(21)34-23(20)11-17/h7-8,11-13,19,22,24,27-28,31,34H,9-10,14-16H2,1-6H3/t19-,22-,24-,27+,28-,31-/m0/s1. The van der Waals surface area contributed by atoms with E-state index in [1.807, 2.05) is 0 Å². The van der Waals surface area contributed by atoms with Gasteiger partial charge in [0.15, 0.2) is 11.5 Å². The summed E-state index contributed by atoms with van der Waals surface area (Å²) in [5.41, 5.74) is 5.26. The number of carbonyl (C=O) groups excluding carboxylic acids is 2. The minimum atomic E-state index is -0.653. The first-order valence-corrected chi connectivity index (χ1v) is 14.8. The third-order valence-electron chi connectivity index (χ3n) is 9.71. The van der Waals surface area contributed by atoms with Gasteiger partial charge < -0.3 is 33.4 Å². The molecule has 1 saturated heterocycles. The fourth-order valence-corrected chi connectivity index (χ4v) is 7.77. The Morgan fingerprint density at radius 3 is 2.35 bits per heavy atom. The largest absolute Gasteiger partial charge is 0.493 e. The zero-order valence-electron chi connectivity index (χ0n) is 25.6. The Hall–Kier alpha value is -3.76. The van der Waals surface area contributed by atoms with Crippen LogP contribution in [0.1, 0.15) is 46.1 Å². The van der Waals surface area contributed by atoms with E-state index in [-0.39, 0.29) is 29.4 Å². The maximum atomic E-state index is 13.5. The molecule has 6 atom stereocenters. The number of aromatic nitrogens is 1. The van der Waals surface area contributed by atoms with Crippen molar-refractivity contribution in [1.29, 1.82) is 0 Å². The molecule has 1 aliphatic carbocycles. The van der Waals surface area contributed by atoms with Crippen molar-refractivity contribution in [3.63, 3.8) is 0 Å². The second kappa shape index (κ2) is 11.7. The van der Waals surface area contributed by atoms with Gasteiger partial charge in [-0.3, -0.25) is 9.69 Å². The number of methoxy groups -OCH3 is 5. The highest BCUT2D eigenvalue weighted by atomic mass is 16.6. The van der Waals surface area contributed by atoms with Crippen LogP contribution in [0.15, 0.2) is 30.3 Å². The van der Waals surface area contributed by atoms with Gasteiger partial charge in [-0.2, -0.15) is 0 Å². The van der Waals surface area contributed by atoms with Crippen molar-refractivity contribution in [1.82, 2.24) is 9.88 Å². The second-order valence-electron chi connectivity index (χ2n) is 11.8. The summed E-state index contributed by atoms with van der Waals surface area (Å²) in [6.45, 7) is 3.84. The number of aryl methyl sites for hydroxylation is 1. The summed E-state index contributed by atoms with van der Waals surface area (Å²) < 4.78 is 33.7. The summed E-state index contributed by atoms with van der Waals surface area (Å²) in [5.74, 6) is -0.261. The van der Waals surface area contributed by atoms with E-state index in [4.69, 9.17) is 28.4 Å². The van der Waals surface area contributed by atoms with E-state index in [9.17, 15) is 9.59 Å². The summed E-state index contributed by atoms with van der Waals surface area (Å²) in [5, 5.41) is 1.28. The molecular formula is C33H40N2O8. The zero-order valence-corrected chi connectivity index (χ0v) is 25.6. The molecule has 0 amide bonds. The summed E-state index contributed by atoms with van der Waals surface area (Å²) in [7, 11) is 7.46. The normalized spacial score (nSPS) is 26.6. The lowest BCUT2D eigenvalue weighted by atomic mass is 9.63. The van der Waals surface area contributed by atoms with E-state index in [0.717, 1.165) is 31.4 Å². The van der Waals surface area contributed by atoms with Crippen LogP contribution in [0.5, 0.6) is 17.2 Å². The molecule has 10 heteroatoms. The molecule has 0 unspecified atom stereocenters. The highest BCUT2D eigenvalue weighted by molar-refractivity contribution is 5.91. The van der Waals surface area contributed by atoms with Gasteiger partial charge in [-0.1, -0.05) is 12.1 Å². The Balaban J connectivity index is 1.30. The number of rotatable bonds is 7. The smallest absolute Gasteiger partial charge is 0.338 e. The molecule has 0 spiro atoms. The molecule has 0 radical (unpaired) electrons. The summed E-state index contributed by atoms with van der Waals surface area (Å²) >= 11 is 0. The Labute approximate surface area is 251 Å². The number of aromatic amines is 1. The molecule has 2 fully saturated rings. The number of benzene rings is 2. The summed E-state index contributed by atoms with van der Waals surface area (Å²) in [4.78, 5) is 33.2. The molecule has 3 aliphatic rings. The maximum Gasteiger partial charge on any atom is 0.338 e. The first-order valence-electron chi connectivity index (χ1n) is 14.8. The lowest BCUT2D eigenvalue weighted by Crippen LogP contribution is -2.58. The molecule has 6 rings (SSSR count). The number of nitrogens with one attached hydrogen (secondary N) is 1. The van der Waals surface area contributed by atoms with Crippen LogP contribution in [-0.2, 0) is 25.4 Å². The highest BCUT2D eigenvalue weighted by Gasteiger charge is 2.54. The Kier molecular flexibility index (Phi) is 8.00. The lowest BCUT2D eigenvalue weighted by Gasteiger charge is -2.52. The molecular weight excluding hydrogens is 552 g/mol. The van der Waals surface area contributed by atoms with Gasteiger partial charge in [0.2, 0.25) is 5.75 Å². The fraction of sp³-hybridized carbons (Fsp3) is 0.515. The number of fused-ring (bicyclic) bond motifs is 6. The Morgan fingerprint density at radius 1 is 0.953 bits per heavy atom. The van der Waals surface area contributed by atoms with E-state index in [0.29, 0.717) is 23.7 Å². The van der Waals surface area contributed by atoms with Crippen LogP contribution in [0, 0.1) is 24.7 Å². The topological polar surface area (TPSA) is 109 Å². The van der Waals surface area contributed by atoms with Gasteiger partial charge in [-0.25, -0.2) is 4.79 Å². The Bertz CT molecular complexity index is 1510. The molecule has 43 heavy (non-hydrogen) atoms. The molecule has 230 valence electrons. The molecule has 2 aliphatic heterocycles. The second-order valence-corrected chi connectivity index (χ2v) is 11.8. The minimum absolute atomic E-state index is 0.00822. The van der Waals surface area contributed by atoms with Crippen LogP contribution in [0.2, 0.25) is 0 Å². The van der Waals surface area contributed by atoms with Crippen molar-refractivity contribution in [2.24, 2.45) is 17.8 Å². The summed E-state index contributed by atoms with van der Waals surface area (Å²) in [6, 6.07) is 9.88. The van der Waals surface area contributed by atoms with Crippen molar-refractivity contribution in [3.8, 4) is 17.2 Å². The van der Waals surface area contributed by atoms with Crippen LogP contribution < -0.4 is 14.2 Å². The van der Waals surface area contributed by atoms with Crippen molar-refractivity contribution < 1.29 is 38.0 Å². The van der Waals surface area contributed by atoms with Crippen LogP contribution in [0.4, 0.5) is 0 Å². The van der Waals surface area contributed by atoms with E-state index in [2.05, 4.69) is 35.0 Å². The number of ether oxygens (including phenoxy) is 6. The van der Waals surface area contributed by atoms with Crippen LogP contribution in [0.3, 0.4) is 0 Å². The number of hydrogen-bond acceptors (Lipinski definition) is 9. The van der Waals surface area contributed by atoms with E-state index < -0.39 is 24.1 Å². The van der Waals surface area contributed by atoms with Gasteiger partial charge in [0.1, 0.15) is 12.2 Å². The van der Waals surface area contributed by atoms with Crippen molar-refractivity contribution in [3.05, 3.63) is 52.7 Å². The van der Waals surface area contributed by atoms with Gasteiger partial charge in [0.05, 0.1) is 46.0 Å². The first kappa shape index (κ1) is 29.3. The molecule has 3 heterocycles. The average Bonchev–Trinajstić information content (AvgIpc) is 3.39. The molecule has 1 aromatic heterocycles. The number of piperidine rings is 1. The highest BCUT2D eigenvalue weighted by Crippen LogP contribution is 2.50. The van der Waals surface area contributed by atoms with Crippen molar-refractivity contribution in [2.75, 3.05) is 48.6 Å². The monoisotopic (exact) mass is 592 g/mol. The fourth-order valence-electron chi connectivity index (χ4n) is 7.77. The first-order chi connectivity index (χ1) is 20.8. The van der Waals surface area contributed by atoms with Gasteiger partial charge in [0, 0.05) is 36.8 Å². The lowest BCUT2D eigenvalue weighted by molar-refractivity contribution is -0.176. The van der Waals surface area contributed by atoms with Gasteiger partial charge in [-0.15, -0.1) is 0 Å². The van der Waals surface area contributed by atoms with Crippen molar-refractivity contribution >= 4 is 22.8 Å². The third-order valence-corrected chi connectivity index (χ3v) is 9.71. The van der Waals surface area contributed by atoms with E-state index in [1.54, 1.807) is 19.2 Å². The molecule has 0 bridgehead atoms. The number of esters is 2. The van der Waals surface area contributed by atoms with Crippen molar-refractivity contribution in [2.45, 2.75) is 44.4 Å². The SMILES string of the molecule is COC(=O)[C@H]1[C@H]2C[C@H]3c4[nH]c5cc(C)ccc5c4CCN3C[C@@H]2C[C@@H](OC(=O)c2cc(OC)c(OC)c(OC)c2)[C@@H]1OC. The van der Waals surface area contributed by atoms with Gasteiger partial charge in [-0.05, 0) is 67.3 Å². The van der Waals surface area contributed by atoms with E-state index >= 15 is 0 Å².